The summed E-state index contributed by atoms with van der Waals surface area (Å²) >= 11 is 0. The van der Waals surface area contributed by atoms with E-state index in [2.05, 4.69) is 5.32 Å². The van der Waals surface area contributed by atoms with Crippen LogP contribution in [-0.2, 0) is 0 Å². The minimum atomic E-state index is -4.62. The number of nitrogens with zero attached hydrogens (tertiary/aromatic N) is 1. The van der Waals surface area contributed by atoms with Gasteiger partial charge in [0.05, 0.1) is 0 Å². The number of benzene rings is 1. The zero-order chi connectivity index (χ0) is 17.9. The first-order chi connectivity index (χ1) is 11.2. The fourth-order valence-corrected chi connectivity index (χ4v) is 2.48. The van der Waals surface area contributed by atoms with Crippen LogP contribution >= 0.6 is 12.4 Å². The number of amides is 1. The van der Waals surface area contributed by atoms with Gasteiger partial charge in [0, 0.05) is 44.9 Å². The largest absolute Gasteiger partial charge is 0.405 e. The van der Waals surface area contributed by atoms with Gasteiger partial charge in [-0.3, -0.25) is 9.69 Å². The van der Waals surface area contributed by atoms with Gasteiger partial charge >= 0.3 is 6.18 Å². The molecule has 1 saturated heterocycles. The molecule has 2 N–H and O–H groups in total. The third kappa shape index (κ3) is 5.48. The molecular weight excluding hydrogens is 376 g/mol. The van der Waals surface area contributed by atoms with E-state index in [4.69, 9.17) is 0 Å². The monoisotopic (exact) mass is 391 g/mol. The molecule has 0 aliphatic carbocycles. The number of piperazine rings is 1. The lowest BCUT2D eigenvalue weighted by Gasteiger charge is -2.35. The Morgan fingerprint density at radius 1 is 1.16 bits per heavy atom. The topological polar surface area (TPSA) is 44.4 Å². The van der Waals surface area contributed by atoms with E-state index in [1.165, 1.54) is 0 Å². The van der Waals surface area contributed by atoms with E-state index in [1.54, 1.807) is 0 Å². The molecule has 0 aromatic heterocycles. The van der Waals surface area contributed by atoms with Crippen LogP contribution in [0.15, 0.2) is 12.1 Å². The first-order valence-corrected chi connectivity index (χ1v) is 7.14. The molecule has 1 fully saturated rings. The second kappa shape index (κ2) is 8.72. The molecule has 11 heteroatoms. The van der Waals surface area contributed by atoms with Crippen molar-refractivity contribution in [3.63, 3.8) is 0 Å². The smallest absolute Gasteiger partial charge is 0.350 e. The Morgan fingerprint density at radius 2 is 1.68 bits per heavy atom. The Bertz CT molecular complexity index is 584. The SMILES string of the molecule is Cl.O=C(NCC(N1CCNCC1)C(F)(F)F)c1c(F)cc(F)cc1F. The maximum Gasteiger partial charge on any atom is 0.405 e. The molecule has 1 atom stereocenters. The van der Waals surface area contributed by atoms with E-state index in [-0.39, 0.29) is 37.6 Å². The maximum atomic E-state index is 13.5. The Kier molecular flexibility index (Phi) is 7.51. The van der Waals surface area contributed by atoms with Crippen LogP contribution in [0.1, 0.15) is 10.4 Å². The van der Waals surface area contributed by atoms with E-state index in [0.29, 0.717) is 13.1 Å². The Labute approximate surface area is 146 Å². The number of hydrogen-bond acceptors (Lipinski definition) is 3. The number of halogens is 7. The predicted molar refractivity (Wildman–Crippen MR) is 80.2 cm³/mol. The third-order valence-corrected chi connectivity index (χ3v) is 3.66. The van der Waals surface area contributed by atoms with Gasteiger partial charge in [-0.25, -0.2) is 13.2 Å². The van der Waals surface area contributed by atoms with Crippen molar-refractivity contribution >= 4 is 18.3 Å². The summed E-state index contributed by atoms with van der Waals surface area (Å²) in [5.74, 6) is -5.55. The van der Waals surface area contributed by atoms with Crippen molar-refractivity contribution in [3.05, 3.63) is 35.1 Å². The van der Waals surface area contributed by atoms with Crippen molar-refractivity contribution in [3.8, 4) is 0 Å². The van der Waals surface area contributed by atoms with Gasteiger partial charge in [0.2, 0.25) is 0 Å². The molecular formula is C14H16ClF6N3O. The lowest BCUT2D eigenvalue weighted by Crippen LogP contribution is -2.57. The predicted octanol–water partition coefficient (Wildman–Crippen LogP) is 2.09. The van der Waals surface area contributed by atoms with Crippen LogP contribution in [0.25, 0.3) is 0 Å². The average molecular weight is 392 g/mol. The molecule has 4 nitrogen and oxygen atoms in total. The van der Waals surface area contributed by atoms with Gasteiger partial charge in [0.15, 0.2) is 0 Å². The lowest BCUT2D eigenvalue weighted by molar-refractivity contribution is -0.183. The Balaban J connectivity index is 0.00000312. The van der Waals surface area contributed by atoms with Crippen molar-refractivity contribution < 1.29 is 31.1 Å². The van der Waals surface area contributed by atoms with Crippen LogP contribution in [0, 0.1) is 17.5 Å². The van der Waals surface area contributed by atoms with Crippen LogP contribution in [0.4, 0.5) is 26.3 Å². The standard InChI is InChI=1S/C14H15F6N3O.ClH/c15-8-5-9(16)12(10(17)6-8)13(24)22-7-11(14(18,19)20)23-3-1-21-2-4-23;/h5-6,11,21H,1-4,7H2,(H,22,24);1H. The average Bonchev–Trinajstić information content (AvgIpc) is 2.46. The van der Waals surface area contributed by atoms with E-state index in [0.717, 1.165) is 4.90 Å². The zero-order valence-corrected chi connectivity index (χ0v) is 13.6. The summed E-state index contributed by atoms with van der Waals surface area (Å²) in [5, 5.41) is 4.78. The molecule has 1 aliphatic heterocycles. The molecule has 1 aliphatic rings. The summed E-state index contributed by atoms with van der Waals surface area (Å²) in [6.07, 6.45) is -4.62. The van der Waals surface area contributed by atoms with E-state index < -0.39 is 47.7 Å². The van der Waals surface area contributed by atoms with E-state index in [1.807, 2.05) is 5.32 Å². The summed E-state index contributed by atoms with van der Waals surface area (Å²) in [6, 6.07) is -1.40. The minimum absolute atomic E-state index is 0. The quantitative estimate of drug-likeness (QED) is 0.773. The maximum absolute atomic E-state index is 13.5. The third-order valence-electron chi connectivity index (χ3n) is 3.66. The molecule has 1 unspecified atom stereocenters. The van der Waals surface area contributed by atoms with Gasteiger partial charge in [-0.1, -0.05) is 0 Å². The summed E-state index contributed by atoms with van der Waals surface area (Å²) in [7, 11) is 0. The molecule has 1 aromatic carbocycles. The number of nitrogens with one attached hydrogen (secondary N) is 2. The molecule has 0 saturated carbocycles. The van der Waals surface area contributed by atoms with Gasteiger partial charge in [0.1, 0.15) is 29.1 Å². The van der Waals surface area contributed by atoms with Gasteiger partial charge in [0.25, 0.3) is 5.91 Å². The highest BCUT2D eigenvalue weighted by Crippen LogP contribution is 2.25. The van der Waals surface area contributed by atoms with Gasteiger partial charge in [-0.2, -0.15) is 13.2 Å². The fourth-order valence-electron chi connectivity index (χ4n) is 2.48. The zero-order valence-electron chi connectivity index (χ0n) is 12.8. The summed E-state index contributed by atoms with van der Waals surface area (Å²) in [4.78, 5) is 12.9. The molecule has 0 bridgehead atoms. The van der Waals surface area contributed by atoms with E-state index >= 15 is 0 Å². The molecule has 25 heavy (non-hydrogen) atoms. The second-order valence-electron chi connectivity index (χ2n) is 5.30. The van der Waals surface area contributed by atoms with Crippen LogP contribution in [0.3, 0.4) is 0 Å². The molecule has 1 aromatic rings. The second-order valence-corrected chi connectivity index (χ2v) is 5.30. The highest BCUT2D eigenvalue weighted by atomic mass is 35.5. The highest BCUT2D eigenvalue weighted by Gasteiger charge is 2.44. The summed E-state index contributed by atoms with van der Waals surface area (Å²) < 4.78 is 79.3. The summed E-state index contributed by atoms with van der Waals surface area (Å²) in [6.45, 7) is 0.112. The number of rotatable bonds is 4. The highest BCUT2D eigenvalue weighted by molar-refractivity contribution is 5.94. The molecule has 2 rings (SSSR count). The molecule has 1 amide bonds. The van der Waals surface area contributed by atoms with E-state index in [9.17, 15) is 31.1 Å². The normalized spacial score (nSPS) is 16.9. The van der Waals surface area contributed by atoms with Crippen LogP contribution < -0.4 is 10.6 Å². The fraction of sp³-hybridized carbons (Fsp3) is 0.500. The van der Waals surface area contributed by atoms with Gasteiger partial charge in [-0.05, 0) is 0 Å². The van der Waals surface area contributed by atoms with Crippen LogP contribution in [0.2, 0.25) is 0 Å². The number of carbonyl (C=O) groups is 1. The molecule has 142 valence electrons. The molecule has 0 radical (unpaired) electrons. The van der Waals surface area contributed by atoms with Gasteiger partial charge < -0.3 is 10.6 Å². The number of hydrogen-bond donors (Lipinski definition) is 2. The van der Waals surface area contributed by atoms with Crippen molar-refractivity contribution in [2.45, 2.75) is 12.2 Å². The first-order valence-electron chi connectivity index (χ1n) is 7.14. The van der Waals surface area contributed by atoms with Gasteiger partial charge in [-0.15, -0.1) is 12.4 Å². The van der Waals surface area contributed by atoms with Crippen LogP contribution in [-0.4, -0.2) is 55.7 Å². The molecule has 1 heterocycles. The van der Waals surface area contributed by atoms with Crippen LogP contribution in [0.5, 0.6) is 0 Å². The Hall–Kier alpha value is -1.52. The Morgan fingerprint density at radius 3 is 2.16 bits per heavy atom. The van der Waals surface area contributed by atoms with Crippen molar-refractivity contribution in [2.24, 2.45) is 0 Å². The van der Waals surface area contributed by atoms with Crippen molar-refractivity contribution in [1.82, 2.24) is 15.5 Å². The lowest BCUT2D eigenvalue weighted by atomic mass is 10.1. The summed E-state index contributed by atoms with van der Waals surface area (Å²) in [5.41, 5.74) is -1.11. The van der Waals surface area contributed by atoms with Crippen molar-refractivity contribution in [1.29, 1.82) is 0 Å². The van der Waals surface area contributed by atoms with Crippen molar-refractivity contribution in [2.75, 3.05) is 32.7 Å². The first kappa shape index (κ1) is 21.5. The molecule has 0 spiro atoms. The minimum Gasteiger partial charge on any atom is -0.350 e. The number of carbonyl (C=O) groups excluding carboxylic acids is 1. The number of alkyl halides is 3.